The molecule has 2 aromatic rings. The van der Waals surface area contributed by atoms with Gasteiger partial charge >= 0.3 is 0 Å². The number of nitrogens with zero attached hydrogens (tertiary/aromatic N) is 2. The highest BCUT2D eigenvalue weighted by Crippen LogP contribution is 2.46. The molecular formula is C27H33N3O4S. The number of carbonyl (C=O) groups is 2. The largest absolute Gasteiger partial charge is 0.339 e. The van der Waals surface area contributed by atoms with Crippen molar-refractivity contribution >= 4 is 27.5 Å². The normalized spacial score (nSPS) is 19.7. The molecule has 7 nitrogen and oxygen atoms in total. The van der Waals surface area contributed by atoms with E-state index in [0.29, 0.717) is 37.4 Å². The van der Waals surface area contributed by atoms with E-state index >= 15 is 0 Å². The summed E-state index contributed by atoms with van der Waals surface area (Å²) in [4.78, 5) is 29.3. The van der Waals surface area contributed by atoms with Gasteiger partial charge in [0.05, 0.1) is 5.75 Å². The van der Waals surface area contributed by atoms with Crippen molar-refractivity contribution < 1.29 is 18.0 Å². The maximum atomic E-state index is 13.0. The summed E-state index contributed by atoms with van der Waals surface area (Å²) in [6, 6.07) is 14.8. The molecule has 1 aliphatic heterocycles. The molecule has 0 unspecified atom stereocenters. The second-order valence-corrected chi connectivity index (χ2v) is 12.3. The Balaban J connectivity index is 1.20. The molecule has 186 valence electrons. The van der Waals surface area contributed by atoms with Gasteiger partial charge in [-0.25, -0.2) is 8.42 Å². The first-order valence-electron chi connectivity index (χ1n) is 12.5. The molecule has 8 heteroatoms. The number of rotatable bonds is 7. The fourth-order valence-electron chi connectivity index (χ4n) is 4.84. The van der Waals surface area contributed by atoms with E-state index in [-0.39, 0.29) is 28.9 Å². The number of carbonyl (C=O) groups excluding carboxylic acids is 2. The van der Waals surface area contributed by atoms with Crippen LogP contribution >= 0.6 is 0 Å². The Morgan fingerprint density at radius 1 is 0.943 bits per heavy atom. The van der Waals surface area contributed by atoms with Crippen LogP contribution in [0.5, 0.6) is 0 Å². The minimum Gasteiger partial charge on any atom is -0.339 e. The third-order valence-corrected chi connectivity index (χ3v) is 9.11. The number of piperazine rings is 1. The van der Waals surface area contributed by atoms with E-state index in [2.05, 4.69) is 4.72 Å². The topological polar surface area (TPSA) is 86.8 Å². The summed E-state index contributed by atoms with van der Waals surface area (Å²) in [5, 5.41) is 0. The van der Waals surface area contributed by atoms with Gasteiger partial charge in [-0.1, -0.05) is 37.6 Å². The standard InChI is InChI=1S/C27H33N3O4S/c1-27(12-13-27)26(32)30-16-14-29(15-17-30)25(31)22-10-8-21(9-11-22)23-6-3-7-24(18-23)28-35(33,34)19-20-4-2-5-20/h3,6-11,18,20,28H,2,4-5,12-17,19H2,1H3. The molecule has 0 bridgehead atoms. The Bertz CT molecular complexity index is 1210. The van der Waals surface area contributed by atoms with Gasteiger partial charge in [-0.2, -0.15) is 0 Å². The van der Waals surface area contributed by atoms with Crippen molar-refractivity contribution in [2.45, 2.75) is 39.0 Å². The van der Waals surface area contributed by atoms with Crippen LogP contribution in [-0.4, -0.2) is 62.0 Å². The second-order valence-electron chi connectivity index (χ2n) is 10.5. The van der Waals surface area contributed by atoms with Gasteiger partial charge in [-0.05, 0) is 67.0 Å². The van der Waals surface area contributed by atoms with Crippen LogP contribution < -0.4 is 4.72 Å². The first-order valence-corrected chi connectivity index (χ1v) is 14.2. The quantitative estimate of drug-likeness (QED) is 0.630. The molecule has 1 saturated heterocycles. The SMILES string of the molecule is CC1(C(=O)N2CCN(C(=O)c3ccc(-c4cccc(NS(=O)(=O)CC5CCC5)c4)cc3)CC2)CC1. The lowest BCUT2D eigenvalue weighted by atomic mass is 9.87. The third-order valence-electron chi connectivity index (χ3n) is 7.65. The van der Waals surface area contributed by atoms with Crippen molar-refractivity contribution in [3.63, 3.8) is 0 Å². The number of sulfonamides is 1. The molecule has 5 rings (SSSR count). The van der Waals surface area contributed by atoms with Crippen LogP contribution in [-0.2, 0) is 14.8 Å². The molecule has 2 aromatic carbocycles. The zero-order valence-electron chi connectivity index (χ0n) is 20.2. The Kier molecular flexibility index (Phi) is 6.34. The third kappa shape index (κ3) is 5.37. The van der Waals surface area contributed by atoms with Gasteiger partial charge in [0, 0.05) is 42.8 Å². The van der Waals surface area contributed by atoms with E-state index < -0.39 is 10.0 Å². The van der Waals surface area contributed by atoms with E-state index in [4.69, 9.17) is 0 Å². The van der Waals surface area contributed by atoms with E-state index in [0.717, 1.165) is 43.2 Å². The molecule has 1 N–H and O–H groups in total. The van der Waals surface area contributed by atoms with Crippen LogP contribution in [0, 0.1) is 11.3 Å². The number of nitrogens with one attached hydrogen (secondary N) is 1. The van der Waals surface area contributed by atoms with Gasteiger partial charge in [0.15, 0.2) is 0 Å². The average molecular weight is 496 g/mol. The predicted octanol–water partition coefficient (Wildman–Crippen LogP) is 3.98. The van der Waals surface area contributed by atoms with Crippen molar-refractivity contribution in [3.8, 4) is 11.1 Å². The molecule has 2 saturated carbocycles. The van der Waals surface area contributed by atoms with E-state index in [1.807, 2.05) is 59.2 Å². The lowest BCUT2D eigenvalue weighted by Crippen LogP contribution is -2.52. The van der Waals surface area contributed by atoms with Gasteiger partial charge in [-0.3, -0.25) is 14.3 Å². The van der Waals surface area contributed by atoms with E-state index in [1.165, 1.54) is 0 Å². The zero-order chi connectivity index (χ0) is 24.6. The highest BCUT2D eigenvalue weighted by Gasteiger charge is 2.47. The summed E-state index contributed by atoms with van der Waals surface area (Å²) >= 11 is 0. The van der Waals surface area contributed by atoms with Crippen LogP contribution in [0.4, 0.5) is 5.69 Å². The summed E-state index contributed by atoms with van der Waals surface area (Å²) in [6.07, 6.45) is 5.02. The van der Waals surface area contributed by atoms with Crippen LogP contribution in [0.3, 0.4) is 0 Å². The van der Waals surface area contributed by atoms with E-state index in [1.54, 1.807) is 6.07 Å². The molecule has 1 heterocycles. The average Bonchev–Trinajstić information content (AvgIpc) is 3.59. The second kappa shape index (κ2) is 9.30. The van der Waals surface area contributed by atoms with Gasteiger partial charge < -0.3 is 9.80 Å². The molecule has 2 amide bonds. The Hall–Kier alpha value is -2.87. The molecule has 35 heavy (non-hydrogen) atoms. The first-order chi connectivity index (χ1) is 16.7. The molecule has 3 aliphatic rings. The summed E-state index contributed by atoms with van der Waals surface area (Å²) < 4.78 is 27.6. The minimum atomic E-state index is -3.36. The number of hydrogen-bond acceptors (Lipinski definition) is 4. The van der Waals surface area contributed by atoms with Crippen molar-refractivity contribution in [1.29, 1.82) is 0 Å². The summed E-state index contributed by atoms with van der Waals surface area (Å²) in [5.41, 5.74) is 2.79. The summed E-state index contributed by atoms with van der Waals surface area (Å²) in [6.45, 7) is 4.29. The van der Waals surface area contributed by atoms with Crippen molar-refractivity contribution in [2.75, 3.05) is 36.7 Å². The van der Waals surface area contributed by atoms with Crippen molar-refractivity contribution in [3.05, 3.63) is 54.1 Å². The Morgan fingerprint density at radius 3 is 2.20 bits per heavy atom. The maximum absolute atomic E-state index is 13.0. The number of amides is 2. The number of anilines is 1. The van der Waals surface area contributed by atoms with Gasteiger partial charge in [0.1, 0.15) is 0 Å². The zero-order valence-corrected chi connectivity index (χ0v) is 21.0. The fraction of sp³-hybridized carbons (Fsp3) is 0.481. The monoisotopic (exact) mass is 495 g/mol. The highest BCUT2D eigenvalue weighted by atomic mass is 32.2. The highest BCUT2D eigenvalue weighted by molar-refractivity contribution is 7.92. The first kappa shape index (κ1) is 23.9. The molecule has 0 aromatic heterocycles. The Morgan fingerprint density at radius 2 is 1.60 bits per heavy atom. The number of hydrogen-bond donors (Lipinski definition) is 1. The Labute approximate surface area is 207 Å². The summed E-state index contributed by atoms with van der Waals surface area (Å²) in [7, 11) is -3.36. The summed E-state index contributed by atoms with van der Waals surface area (Å²) in [5.74, 6) is 0.640. The van der Waals surface area contributed by atoms with Crippen LogP contribution in [0.1, 0.15) is 49.4 Å². The smallest absolute Gasteiger partial charge is 0.253 e. The lowest BCUT2D eigenvalue weighted by molar-refractivity contribution is -0.137. The molecule has 2 aliphatic carbocycles. The van der Waals surface area contributed by atoms with Crippen LogP contribution in [0.15, 0.2) is 48.5 Å². The predicted molar refractivity (Wildman–Crippen MR) is 136 cm³/mol. The van der Waals surface area contributed by atoms with E-state index in [9.17, 15) is 18.0 Å². The van der Waals surface area contributed by atoms with Gasteiger partial charge in [-0.15, -0.1) is 0 Å². The molecule has 3 fully saturated rings. The van der Waals surface area contributed by atoms with Gasteiger partial charge in [0.2, 0.25) is 15.9 Å². The van der Waals surface area contributed by atoms with Gasteiger partial charge in [0.25, 0.3) is 5.91 Å². The molecule has 0 radical (unpaired) electrons. The lowest BCUT2D eigenvalue weighted by Gasteiger charge is -2.36. The van der Waals surface area contributed by atoms with Crippen molar-refractivity contribution in [2.24, 2.45) is 11.3 Å². The molecular weight excluding hydrogens is 462 g/mol. The molecule has 0 atom stereocenters. The number of benzene rings is 2. The van der Waals surface area contributed by atoms with Crippen molar-refractivity contribution in [1.82, 2.24) is 9.80 Å². The van der Waals surface area contributed by atoms with Crippen LogP contribution in [0.25, 0.3) is 11.1 Å². The van der Waals surface area contributed by atoms with Crippen LogP contribution in [0.2, 0.25) is 0 Å². The molecule has 0 spiro atoms. The minimum absolute atomic E-state index is 0.0289. The fourth-order valence-corrected chi connectivity index (χ4v) is 6.36. The maximum Gasteiger partial charge on any atom is 0.253 e.